The molecule has 1 aliphatic carbocycles. The number of hydrogen-bond acceptors (Lipinski definition) is 5. The Kier molecular flexibility index (Phi) is 6.52. The predicted molar refractivity (Wildman–Crippen MR) is 142 cm³/mol. The molecule has 0 saturated carbocycles. The van der Waals surface area contributed by atoms with Crippen LogP contribution >= 0.6 is 0 Å². The van der Waals surface area contributed by atoms with E-state index in [-0.39, 0.29) is 42.1 Å². The number of nitrogens with zero attached hydrogens (tertiary/aromatic N) is 2. The third kappa shape index (κ3) is 4.49. The largest absolute Gasteiger partial charge is 0.361 e. The minimum Gasteiger partial charge on any atom is -0.361 e. The number of fused-ring (bicyclic) bond motifs is 2. The maximum absolute atomic E-state index is 13.4. The topological polar surface area (TPSA) is 98.8 Å². The maximum Gasteiger partial charge on any atom is 0.250 e. The summed E-state index contributed by atoms with van der Waals surface area (Å²) in [5, 5.41) is 5.49. The first-order valence-electron chi connectivity index (χ1n) is 13.1. The van der Waals surface area contributed by atoms with Crippen molar-refractivity contribution in [1.29, 1.82) is 0 Å². The van der Waals surface area contributed by atoms with Gasteiger partial charge in [0, 0.05) is 18.7 Å². The minimum absolute atomic E-state index is 0.0623. The van der Waals surface area contributed by atoms with Crippen molar-refractivity contribution in [3.63, 3.8) is 0 Å². The number of benzene rings is 2. The summed E-state index contributed by atoms with van der Waals surface area (Å²) in [6, 6.07) is 13.1. The zero-order valence-electron chi connectivity index (χ0n) is 21.7. The van der Waals surface area contributed by atoms with Crippen LogP contribution in [0.25, 0.3) is 0 Å². The van der Waals surface area contributed by atoms with E-state index in [9.17, 15) is 19.2 Å². The number of hydrogen-bond donors (Lipinski definition) is 2. The molecule has 4 amide bonds. The van der Waals surface area contributed by atoms with E-state index in [1.165, 1.54) is 0 Å². The highest BCUT2D eigenvalue weighted by atomic mass is 16.2. The van der Waals surface area contributed by atoms with Crippen LogP contribution in [0, 0.1) is 11.3 Å². The Balaban J connectivity index is 1.31. The van der Waals surface area contributed by atoms with Crippen molar-refractivity contribution in [2.24, 2.45) is 11.3 Å². The van der Waals surface area contributed by atoms with E-state index in [1.807, 2.05) is 61.3 Å². The SMILES string of the molecule is CCCCC1C(=O)N(CC(=O)Nc2ccc3c(c2)C[C@@]2(C3)CC(C)C(=O)NC2=O)c2ccccc2N1C. The van der Waals surface area contributed by atoms with Crippen LogP contribution in [-0.4, -0.2) is 43.3 Å². The Morgan fingerprint density at radius 2 is 1.81 bits per heavy atom. The lowest BCUT2D eigenvalue weighted by Crippen LogP contribution is -2.53. The summed E-state index contributed by atoms with van der Waals surface area (Å²) < 4.78 is 0. The molecule has 0 radical (unpaired) electrons. The average Bonchev–Trinajstić information content (AvgIpc) is 3.24. The second-order valence-corrected chi connectivity index (χ2v) is 10.8. The number of piperidine rings is 1. The second kappa shape index (κ2) is 9.65. The smallest absolute Gasteiger partial charge is 0.250 e. The van der Waals surface area contributed by atoms with Crippen LogP contribution in [0.1, 0.15) is 50.7 Å². The molecule has 1 saturated heterocycles. The van der Waals surface area contributed by atoms with E-state index < -0.39 is 5.41 Å². The second-order valence-electron chi connectivity index (χ2n) is 10.8. The third-order valence-electron chi connectivity index (χ3n) is 8.11. The molecule has 0 aromatic heterocycles. The summed E-state index contributed by atoms with van der Waals surface area (Å²) in [5.41, 5.74) is 3.78. The summed E-state index contributed by atoms with van der Waals surface area (Å²) in [6.45, 7) is 3.88. The summed E-state index contributed by atoms with van der Waals surface area (Å²) in [7, 11) is 1.94. The summed E-state index contributed by atoms with van der Waals surface area (Å²) in [5.74, 6) is -0.966. The molecule has 2 aromatic carbocycles. The third-order valence-corrected chi connectivity index (χ3v) is 8.11. The first kappa shape index (κ1) is 25.0. The van der Waals surface area contributed by atoms with Gasteiger partial charge in [-0.2, -0.15) is 0 Å². The van der Waals surface area contributed by atoms with Crippen LogP contribution in [0.4, 0.5) is 17.1 Å². The van der Waals surface area contributed by atoms with E-state index in [0.717, 1.165) is 41.8 Å². The lowest BCUT2D eigenvalue weighted by atomic mass is 9.73. The zero-order chi connectivity index (χ0) is 26.3. The number of amides is 4. The molecule has 1 spiro atoms. The molecule has 2 N–H and O–H groups in total. The van der Waals surface area contributed by atoms with Crippen LogP contribution in [0.3, 0.4) is 0 Å². The van der Waals surface area contributed by atoms with E-state index >= 15 is 0 Å². The van der Waals surface area contributed by atoms with Crippen LogP contribution in [0.15, 0.2) is 42.5 Å². The van der Waals surface area contributed by atoms with Crippen molar-refractivity contribution in [1.82, 2.24) is 5.32 Å². The first-order chi connectivity index (χ1) is 17.7. The zero-order valence-corrected chi connectivity index (χ0v) is 21.7. The Morgan fingerprint density at radius 3 is 2.57 bits per heavy atom. The predicted octanol–water partition coefficient (Wildman–Crippen LogP) is 3.43. The molecule has 2 aromatic rings. The van der Waals surface area contributed by atoms with Gasteiger partial charge in [0.25, 0.3) is 0 Å². The van der Waals surface area contributed by atoms with Crippen LogP contribution in [-0.2, 0) is 32.0 Å². The fourth-order valence-electron chi connectivity index (χ4n) is 6.12. The highest BCUT2D eigenvalue weighted by Crippen LogP contribution is 2.44. The van der Waals surface area contributed by atoms with Crippen molar-refractivity contribution < 1.29 is 19.2 Å². The standard InChI is InChI=1S/C29H34N4O4/c1-4-5-8-24-27(36)33(23-10-7-6-9-22(23)32(24)3)17-25(34)30-21-12-11-19-15-29(16-20(19)13-21)14-18(2)26(35)31-28(29)37/h6-7,9-13,18,24H,4-5,8,14-17H2,1-3H3,(H,30,34)(H,31,35,37)/t18?,24?,29-/m0/s1. The minimum atomic E-state index is -0.609. The van der Waals surface area contributed by atoms with Gasteiger partial charge in [0.1, 0.15) is 12.6 Å². The Labute approximate surface area is 217 Å². The highest BCUT2D eigenvalue weighted by Gasteiger charge is 2.49. The van der Waals surface area contributed by atoms with Gasteiger partial charge in [-0.15, -0.1) is 0 Å². The van der Waals surface area contributed by atoms with Crippen LogP contribution in [0.5, 0.6) is 0 Å². The maximum atomic E-state index is 13.4. The number of carbonyl (C=O) groups excluding carboxylic acids is 4. The van der Waals surface area contributed by atoms with Gasteiger partial charge in [0.2, 0.25) is 23.6 Å². The molecule has 2 unspecified atom stereocenters. The number of likely N-dealkylation sites (N-methyl/N-ethyl adjacent to an activating group) is 1. The molecule has 2 heterocycles. The quantitative estimate of drug-likeness (QED) is 0.590. The number of unbranched alkanes of at least 4 members (excludes halogenated alkanes) is 1. The van der Waals surface area contributed by atoms with Gasteiger partial charge in [-0.25, -0.2) is 0 Å². The molecule has 5 rings (SSSR count). The van der Waals surface area contributed by atoms with Crippen LogP contribution in [0.2, 0.25) is 0 Å². The van der Waals surface area contributed by atoms with Crippen molar-refractivity contribution in [3.8, 4) is 0 Å². The number of rotatable bonds is 6. The molecule has 8 nitrogen and oxygen atoms in total. The average molecular weight is 503 g/mol. The van der Waals surface area contributed by atoms with Crippen molar-refractivity contribution in [3.05, 3.63) is 53.6 Å². The Bertz CT molecular complexity index is 1270. The number of anilines is 3. The highest BCUT2D eigenvalue weighted by molar-refractivity contribution is 6.10. The van der Waals surface area contributed by atoms with Gasteiger partial charge < -0.3 is 10.2 Å². The summed E-state index contributed by atoms with van der Waals surface area (Å²) in [6.07, 6.45) is 4.33. The molecule has 8 heteroatoms. The van der Waals surface area contributed by atoms with Gasteiger partial charge in [0.15, 0.2) is 0 Å². The van der Waals surface area contributed by atoms with E-state index in [2.05, 4.69) is 17.6 Å². The van der Waals surface area contributed by atoms with E-state index in [0.29, 0.717) is 24.9 Å². The van der Waals surface area contributed by atoms with Crippen LogP contribution < -0.4 is 20.4 Å². The number of para-hydroxylation sites is 2. The molecule has 3 atom stereocenters. The number of carbonyl (C=O) groups is 4. The normalized spacial score (nSPS) is 24.7. The molecule has 37 heavy (non-hydrogen) atoms. The lowest BCUT2D eigenvalue weighted by Gasteiger charge is -2.41. The van der Waals surface area contributed by atoms with Gasteiger partial charge in [0.05, 0.1) is 16.8 Å². The number of imide groups is 1. The molecule has 0 bridgehead atoms. The van der Waals surface area contributed by atoms with Gasteiger partial charge in [-0.05, 0) is 61.1 Å². The monoisotopic (exact) mass is 502 g/mol. The molecule has 194 valence electrons. The van der Waals surface area contributed by atoms with E-state index in [4.69, 9.17) is 0 Å². The van der Waals surface area contributed by atoms with Crippen molar-refractivity contribution >= 4 is 40.7 Å². The van der Waals surface area contributed by atoms with Crippen molar-refractivity contribution in [2.75, 3.05) is 28.7 Å². The first-order valence-corrected chi connectivity index (χ1v) is 13.1. The molecule has 1 fully saturated rings. The summed E-state index contributed by atoms with van der Waals surface area (Å²) in [4.78, 5) is 54.9. The van der Waals surface area contributed by atoms with Crippen molar-refractivity contribution in [2.45, 2.75) is 58.4 Å². The Hall–Kier alpha value is -3.68. The Morgan fingerprint density at radius 1 is 1.08 bits per heavy atom. The lowest BCUT2D eigenvalue weighted by molar-refractivity contribution is -0.144. The van der Waals surface area contributed by atoms with Gasteiger partial charge >= 0.3 is 0 Å². The van der Waals surface area contributed by atoms with Gasteiger partial charge in [-0.3, -0.25) is 29.4 Å². The molecular weight excluding hydrogens is 468 g/mol. The fourth-order valence-corrected chi connectivity index (χ4v) is 6.12. The number of nitrogens with one attached hydrogen (secondary N) is 2. The van der Waals surface area contributed by atoms with Gasteiger partial charge in [-0.1, -0.05) is 44.9 Å². The summed E-state index contributed by atoms with van der Waals surface area (Å²) >= 11 is 0. The molecule has 3 aliphatic rings. The van der Waals surface area contributed by atoms with E-state index in [1.54, 1.807) is 4.90 Å². The fraction of sp³-hybridized carbons (Fsp3) is 0.448. The molecule has 2 aliphatic heterocycles. The molecular formula is C29H34N4O4.